The van der Waals surface area contributed by atoms with Gasteiger partial charge in [-0.1, -0.05) is 16.8 Å². The molecule has 0 atom stereocenters. The summed E-state index contributed by atoms with van der Waals surface area (Å²) in [5.41, 5.74) is 1.09. The number of benzene rings is 1. The number of aromatic nitrogens is 3. The van der Waals surface area contributed by atoms with Crippen molar-refractivity contribution in [2.24, 2.45) is 0 Å². The molecule has 1 fully saturated rings. The Bertz CT molecular complexity index is 970. The van der Waals surface area contributed by atoms with Crippen molar-refractivity contribution in [3.8, 4) is 11.5 Å². The highest BCUT2D eigenvalue weighted by molar-refractivity contribution is 6.32. The Morgan fingerprint density at radius 1 is 1.14 bits per heavy atom. The van der Waals surface area contributed by atoms with Gasteiger partial charge in [0.2, 0.25) is 0 Å². The molecular formula is C19H17ClFN5O2. The average Bonchev–Trinajstić information content (AvgIpc) is 3.17. The fraction of sp³-hybridized carbons (Fsp3) is 0.263. The molecule has 0 spiro atoms. The molecule has 1 aliphatic heterocycles. The molecule has 144 valence electrons. The first kappa shape index (κ1) is 18.5. The van der Waals surface area contributed by atoms with Crippen LogP contribution in [0, 0.1) is 5.82 Å². The van der Waals surface area contributed by atoms with Gasteiger partial charge in [0, 0.05) is 37.9 Å². The van der Waals surface area contributed by atoms with Crippen molar-refractivity contribution in [3.63, 3.8) is 0 Å². The van der Waals surface area contributed by atoms with Gasteiger partial charge >= 0.3 is 0 Å². The van der Waals surface area contributed by atoms with Gasteiger partial charge in [0.25, 0.3) is 11.8 Å². The van der Waals surface area contributed by atoms with Gasteiger partial charge in [-0.15, -0.1) is 0 Å². The number of carbonyl (C=O) groups excluding carboxylic acids is 1. The van der Waals surface area contributed by atoms with Gasteiger partial charge in [-0.3, -0.25) is 9.69 Å². The minimum Gasteiger partial charge on any atom is -0.336 e. The molecule has 7 nitrogen and oxygen atoms in total. The summed E-state index contributed by atoms with van der Waals surface area (Å²) in [7, 11) is 0. The maximum Gasteiger partial charge on any atom is 0.257 e. The minimum atomic E-state index is -0.316. The molecule has 9 heteroatoms. The molecule has 1 aliphatic rings. The Labute approximate surface area is 165 Å². The third-order valence-corrected chi connectivity index (χ3v) is 4.87. The molecule has 1 saturated heterocycles. The van der Waals surface area contributed by atoms with Gasteiger partial charge in [-0.05, 0) is 36.4 Å². The number of piperazine rings is 1. The summed E-state index contributed by atoms with van der Waals surface area (Å²) >= 11 is 6.02. The van der Waals surface area contributed by atoms with Crippen molar-refractivity contribution in [3.05, 3.63) is 65.0 Å². The Morgan fingerprint density at radius 2 is 1.89 bits per heavy atom. The molecule has 0 bridgehead atoms. The zero-order valence-electron chi connectivity index (χ0n) is 14.9. The van der Waals surface area contributed by atoms with E-state index in [2.05, 4.69) is 20.0 Å². The molecule has 4 rings (SSSR count). The van der Waals surface area contributed by atoms with Crippen LogP contribution in [0.4, 0.5) is 4.39 Å². The van der Waals surface area contributed by atoms with Crippen LogP contribution in [0.25, 0.3) is 11.5 Å². The standard InChI is InChI=1S/C19H17ClFN5O2/c20-17-15(2-1-7-22-17)19(27)26-10-8-25(9-11-26)12-16-23-18(28-24-16)13-3-5-14(21)6-4-13/h1-7H,8-12H2. The molecule has 0 N–H and O–H groups in total. The summed E-state index contributed by atoms with van der Waals surface area (Å²) in [4.78, 5) is 24.8. The smallest absolute Gasteiger partial charge is 0.257 e. The largest absolute Gasteiger partial charge is 0.336 e. The molecule has 0 aliphatic carbocycles. The van der Waals surface area contributed by atoms with E-state index in [1.165, 1.54) is 12.1 Å². The second-order valence-electron chi connectivity index (χ2n) is 6.43. The van der Waals surface area contributed by atoms with E-state index in [0.717, 1.165) is 0 Å². The average molecular weight is 402 g/mol. The summed E-state index contributed by atoms with van der Waals surface area (Å²) in [6.45, 7) is 3.04. The quantitative estimate of drug-likeness (QED) is 0.626. The number of amides is 1. The van der Waals surface area contributed by atoms with E-state index in [4.69, 9.17) is 16.1 Å². The topological polar surface area (TPSA) is 75.4 Å². The number of hydrogen-bond donors (Lipinski definition) is 0. The normalized spacial score (nSPS) is 15.0. The molecule has 0 radical (unpaired) electrons. The number of rotatable bonds is 4. The fourth-order valence-corrected chi connectivity index (χ4v) is 3.25. The summed E-state index contributed by atoms with van der Waals surface area (Å²) in [6, 6.07) is 9.28. The number of halogens is 2. The van der Waals surface area contributed by atoms with Crippen LogP contribution in [0.1, 0.15) is 16.2 Å². The lowest BCUT2D eigenvalue weighted by molar-refractivity contribution is 0.0624. The van der Waals surface area contributed by atoms with Crippen LogP contribution in [0.5, 0.6) is 0 Å². The van der Waals surface area contributed by atoms with Crippen molar-refractivity contribution in [2.75, 3.05) is 26.2 Å². The molecule has 1 amide bonds. The SMILES string of the molecule is O=C(c1cccnc1Cl)N1CCN(Cc2noc(-c3ccc(F)cc3)n2)CC1. The van der Waals surface area contributed by atoms with Crippen LogP contribution in [-0.4, -0.2) is 57.0 Å². The molecule has 0 saturated carbocycles. The first-order valence-corrected chi connectivity index (χ1v) is 9.18. The number of hydrogen-bond acceptors (Lipinski definition) is 6. The van der Waals surface area contributed by atoms with Crippen molar-refractivity contribution in [2.45, 2.75) is 6.54 Å². The van der Waals surface area contributed by atoms with E-state index in [-0.39, 0.29) is 16.9 Å². The van der Waals surface area contributed by atoms with Crippen molar-refractivity contribution >= 4 is 17.5 Å². The summed E-state index contributed by atoms with van der Waals surface area (Å²) in [6.07, 6.45) is 1.56. The van der Waals surface area contributed by atoms with Gasteiger partial charge in [-0.25, -0.2) is 9.37 Å². The number of pyridine rings is 1. The van der Waals surface area contributed by atoms with E-state index < -0.39 is 0 Å². The first-order valence-electron chi connectivity index (χ1n) is 8.81. The van der Waals surface area contributed by atoms with Crippen molar-refractivity contribution in [1.29, 1.82) is 0 Å². The molecule has 3 aromatic rings. The second kappa shape index (κ2) is 8.04. The number of carbonyl (C=O) groups is 1. The molecule has 3 heterocycles. The Hall–Kier alpha value is -2.84. The predicted octanol–water partition coefficient (Wildman–Crippen LogP) is 2.88. The third kappa shape index (κ3) is 4.02. The van der Waals surface area contributed by atoms with Crippen LogP contribution in [0.15, 0.2) is 47.1 Å². The Balaban J connectivity index is 1.34. The Kier molecular flexibility index (Phi) is 5.31. The van der Waals surface area contributed by atoms with Crippen molar-refractivity contribution in [1.82, 2.24) is 24.9 Å². The first-order chi connectivity index (χ1) is 13.6. The second-order valence-corrected chi connectivity index (χ2v) is 6.79. The molecule has 2 aromatic heterocycles. The lowest BCUT2D eigenvalue weighted by atomic mass is 10.2. The highest BCUT2D eigenvalue weighted by Gasteiger charge is 2.24. The van der Waals surface area contributed by atoms with E-state index in [9.17, 15) is 9.18 Å². The van der Waals surface area contributed by atoms with E-state index in [1.54, 1.807) is 35.4 Å². The lowest BCUT2D eigenvalue weighted by Gasteiger charge is -2.34. The van der Waals surface area contributed by atoms with Crippen LogP contribution in [0.2, 0.25) is 5.15 Å². The molecule has 1 aromatic carbocycles. The van der Waals surface area contributed by atoms with E-state index in [1.807, 2.05) is 0 Å². The van der Waals surface area contributed by atoms with E-state index >= 15 is 0 Å². The highest BCUT2D eigenvalue weighted by Crippen LogP contribution is 2.19. The zero-order valence-corrected chi connectivity index (χ0v) is 15.6. The van der Waals surface area contributed by atoms with Gasteiger partial charge in [-0.2, -0.15) is 4.98 Å². The zero-order chi connectivity index (χ0) is 19.5. The van der Waals surface area contributed by atoms with Crippen molar-refractivity contribution < 1.29 is 13.7 Å². The third-order valence-electron chi connectivity index (χ3n) is 4.57. The summed E-state index contributed by atoms with van der Waals surface area (Å²) in [5, 5.41) is 4.21. The maximum atomic E-state index is 13.0. The molecular weight excluding hydrogens is 385 g/mol. The van der Waals surface area contributed by atoms with Gasteiger partial charge < -0.3 is 9.42 Å². The van der Waals surface area contributed by atoms with E-state index in [0.29, 0.717) is 55.6 Å². The predicted molar refractivity (Wildman–Crippen MR) is 100 cm³/mol. The Morgan fingerprint density at radius 3 is 2.61 bits per heavy atom. The minimum absolute atomic E-state index is 0.115. The molecule has 28 heavy (non-hydrogen) atoms. The lowest BCUT2D eigenvalue weighted by Crippen LogP contribution is -2.48. The summed E-state index contributed by atoms with van der Waals surface area (Å²) < 4.78 is 18.3. The van der Waals surface area contributed by atoms with Gasteiger partial charge in [0.05, 0.1) is 12.1 Å². The van der Waals surface area contributed by atoms with Crippen LogP contribution in [-0.2, 0) is 6.54 Å². The van der Waals surface area contributed by atoms with Crippen LogP contribution < -0.4 is 0 Å². The summed E-state index contributed by atoms with van der Waals surface area (Å²) in [5.74, 6) is 0.476. The van der Waals surface area contributed by atoms with Crippen LogP contribution >= 0.6 is 11.6 Å². The highest BCUT2D eigenvalue weighted by atomic mass is 35.5. The monoisotopic (exact) mass is 401 g/mol. The van der Waals surface area contributed by atoms with Crippen LogP contribution in [0.3, 0.4) is 0 Å². The van der Waals surface area contributed by atoms with Gasteiger partial charge in [0.1, 0.15) is 11.0 Å². The fourth-order valence-electron chi connectivity index (χ4n) is 3.05. The van der Waals surface area contributed by atoms with Gasteiger partial charge in [0.15, 0.2) is 5.82 Å². The molecule has 0 unspecified atom stereocenters. The maximum absolute atomic E-state index is 13.0. The number of nitrogens with zero attached hydrogens (tertiary/aromatic N) is 5.